The van der Waals surface area contributed by atoms with E-state index in [0.717, 1.165) is 41.5 Å². The smallest absolute Gasteiger partial charge is 0.171 e. The Kier molecular flexibility index (Phi) is 4.21. The molecule has 5 nitrogen and oxygen atoms in total. The number of fused-ring (bicyclic) bond motifs is 1. The van der Waals surface area contributed by atoms with Crippen LogP contribution in [0.15, 0.2) is 22.9 Å². The highest BCUT2D eigenvalue weighted by molar-refractivity contribution is 9.10. The molecule has 6 heteroatoms. The monoisotopic (exact) mass is 338 g/mol. The van der Waals surface area contributed by atoms with Gasteiger partial charge < -0.3 is 10.1 Å². The van der Waals surface area contributed by atoms with E-state index in [2.05, 4.69) is 38.3 Å². The van der Waals surface area contributed by atoms with E-state index in [1.54, 1.807) is 10.7 Å². The third-order valence-corrected chi connectivity index (χ3v) is 4.10. The standard InChI is InChI=1S/C14H19BrN4O/c1-2-11(9-20-8-10-3-4-10)17-13-5-6-19-14(18-13)12(15)7-16-19/h5-7,10-11H,2-4,8-9H2,1H3,(H,17,18). The summed E-state index contributed by atoms with van der Waals surface area (Å²) in [4.78, 5) is 4.56. The van der Waals surface area contributed by atoms with E-state index >= 15 is 0 Å². The second kappa shape index (κ2) is 6.10. The summed E-state index contributed by atoms with van der Waals surface area (Å²) in [5, 5.41) is 7.62. The molecule has 1 N–H and O–H groups in total. The summed E-state index contributed by atoms with van der Waals surface area (Å²) in [5.74, 6) is 1.67. The molecule has 20 heavy (non-hydrogen) atoms. The summed E-state index contributed by atoms with van der Waals surface area (Å²) in [6.45, 7) is 3.80. The molecule has 2 aromatic rings. The molecule has 1 unspecified atom stereocenters. The van der Waals surface area contributed by atoms with Gasteiger partial charge in [-0.25, -0.2) is 9.50 Å². The third-order valence-electron chi connectivity index (χ3n) is 3.54. The molecule has 108 valence electrons. The van der Waals surface area contributed by atoms with Crippen LogP contribution in [0, 0.1) is 5.92 Å². The number of ether oxygens (including phenoxy) is 1. The van der Waals surface area contributed by atoms with Crippen molar-refractivity contribution in [1.29, 1.82) is 0 Å². The zero-order chi connectivity index (χ0) is 13.9. The second-order valence-corrected chi connectivity index (χ2v) is 6.16. The molecule has 0 aliphatic heterocycles. The fourth-order valence-electron chi connectivity index (χ4n) is 2.05. The Morgan fingerprint density at radius 2 is 2.40 bits per heavy atom. The first-order chi connectivity index (χ1) is 9.76. The van der Waals surface area contributed by atoms with Crippen molar-refractivity contribution in [3.05, 3.63) is 22.9 Å². The Morgan fingerprint density at radius 3 is 3.15 bits per heavy atom. The lowest BCUT2D eigenvalue weighted by atomic mass is 10.2. The van der Waals surface area contributed by atoms with E-state index in [4.69, 9.17) is 4.74 Å². The molecule has 1 atom stereocenters. The van der Waals surface area contributed by atoms with Gasteiger partial charge in [0.1, 0.15) is 5.82 Å². The minimum atomic E-state index is 0.297. The van der Waals surface area contributed by atoms with Crippen molar-refractivity contribution < 1.29 is 4.74 Å². The predicted octanol–water partition coefficient (Wildman–Crippen LogP) is 3.11. The van der Waals surface area contributed by atoms with Gasteiger partial charge in [-0.2, -0.15) is 5.10 Å². The summed E-state index contributed by atoms with van der Waals surface area (Å²) in [7, 11) is 0. The zero-order valence-corrected chi connectivity index (χ0v) is 13.1. The summed E-state index contributed by atoms with van der Waals surface area (Å²) >= 11 is 3.45. The number of halogens is 1. The molecule has 2 heterocycles. The fourth-order valence-corrected chi connectivity index (χ4v) is 2.42. The average Bonchev–Trinajstić information content (AvgIpc) is 3.22. The van der Waals surface area contributed by atoms with Crippen molar-refractivity contribution in [2.24, 2.45) is 5.92 Å². The minimum Gasteiger partial charge on any atom is -0.379 e. The number of nitrogens with one attached hydrogen (secondary N) is 1. The molecule has 1 aliphatic rings. The molecule has 0 radical (unpaired) electrons. The van der Waals surface area contributed by atoms with Crippen LogP contribution < -0.4 is 5.32 Å². The molecule has 1 fully saturated rings. The first-order valence-corrected chi connectivity index (χ1v) is 7.89. The Bertz CT molecular complexity index is 582. The van der Waals surface area contributed by atoms with Gasteiger partial charge in [-0.1, -0.05) is 6.92 Å². The number of hydrogen-bond donors (Lipinski definition) is 1. The summed E-state index contributed by atoms with van der Waals surface area (Å²) in [6.07, 6.45) is 7.34. The zero-order valence-electron chi connectivity index (χ0n) is 11.6. The Balaban J connectivity index is 1.61. The lowest BCUT2D eigenvalue weighted by molar-refractivity contribution is 0.115. The molecule has 0 aromatic carbocycles. The van der Waals surface area contributed by atoms with E-state index in [0.29, 0.717) is 6.04 Å². The van der Waals surface area contributed by atoms with Crippen molar-refractivity contribution >= 4 is 27.4 Å². The van der Waals surface area contributed by atoms with Crippen LogP contribution in [0.1, 0.15) is 26.2 Å². The van der Waals surface area contributed by atoms with Crippen LogP contribution in [0.5, 0.6) is 0 Å². The second-order valence-electron chi connectivity index (χ2n) is 5.30. The van der Waals surface area contributed by atoms with Crippen molar-refractivity contribution in [3.63, 3.8) is 0 Å². The lowest BCUT2D eigenvalue weighted by Crippen LogP contribution is -2.25. The topological polar surface area (TPSA) is 51.5 Å². The molecule has 2 aromatic heterocycles. The number of rotatable bonds is 7. The molecule has 1 aliphatic carbocycles. The Hall–Kier alpha value is -1.14. The minimum absolute atomic E-state index is 0.297. The van der Waals surface area contributed by atoms with Gasteiger partial charge in [0.2, 0.25) is 0 Å². The number of nitrogens with zero attached hydrogens (tertiary/aromatic N) is 3. The van der Waals surface area contributed by atoms with Crippen molar-refractivity contribution in [3.8, 4) is 0 Å². The fraction of sp³-hybridized carbons (Fsp3) is 0.571. The van der Waals surface area contributed by atoms with E-state index in [1.807, 2.05) is 12.3 Å². The highest BCUT2D eigenvalue weighted by Crippen LogP contribution is 2.28. The highest BCUT2D eigenvalue weighted by atomic mass is 79.9. The van der Waals surface area contributed by atoms with Crippen molar-refractivity contribution in [2.75, 3.05) is 18.5 Å². The van der Waals surface area contributed by atoms with E-state index < -0.39 is 0 Å². The average molecular weight is 339 g/mol. The van der Waals surface area contributed by atoms with Crippen LogP contribution in [0.2, 0.25) is 0 Å². The van der Waals surface area contributed by atoms with Crippen LogP contribution >= 0.6 is 15.9 Å². The number of aromatic nitrogens is 3. The molecule has 0 bridgehead atoms. The maximum absolute atomic E-state index is 5.76. The molecule has 0 saturated heterocycles. The summed E-state index contributed by atoms with van der Waals surface area (Å²) in [5.41, 5.74) is 0.823. The maximum Gasteiger partial charge on any atom is 0.171 e. The molecular formula is C14H19BrN4O. The van der Waals surface area contributed by atoms with Crippen LogP contribution in [0.3, 0.4) is 0 Å². The summed E-state index contributed by atoms with van der Waals surface area (Å²) in [6, 6.07) is 2.24. The van der Waals surface area contributed by atoms with Gasteiger partial charge in [-0.05, 0) is 47.2 Å². The first-order valence-electron chi connectivity index (χ1n) is 7.10. The highest BCUT2D eigenvalue weighted by Gasteiger charge is 2.21. The van der Waals surface area contributed by atoms with Gasteiger partial charge in [0.15, 0.2) is 5.65 Å². The van der Waals surface area contributed by atoms with Crippen LogP contribution in [0.4, 0.5) is 5.82 Å². The van der Waals surface area contributed by atoms with Gasteiger partial charge in [-0.3, -0.25) is 0 Å². The van der Waals surface area contributed by atoms with E-state index in [9.17, 15) is 0 Å². The Morgan fingerprint density at radius 1 is 1.55 bits per heavy atom. The number of anilines is 1. The number of hydrogen-bond acceptors (Lipinski definition) is 4. The van der Waals surface area contributed by atoms with Crippen LogP contribution in [0.25, 0.3) is 5.65 Å². The molecule has 0 spiro atoms. The SMILES string of the molecule is CCC(COCC1CC1)Nc1ccn2ncc(Br)c2n1. The predicted molar refractivity (Wildman–Crippen MR) is 81.9 cm³/mol. The molecule has 0 amide bonds. The lowest BCUT2D eigenvalue weighted by Gasteiger charge is -2.17. The summed E-state index contributed by atoms with van der Waals surface area (Å²) < 4.78 is 8.41. The van der Waals surface area contributed by atoms with Gasteiger partial charge >= 0.3 is 0 Å². The van der Waals surface area contributed by atoms with Gasteiger partial charge in [0, 0.05) is 12.8 Å². The molecule has 3 rings (SSSR count). The van der Waals surface area contributed by atoms with E-state index in [-0.39, 0.29) is 0 Å². The largest absolute Gasteiger partial charge is 0.379 e. The molecular weight excluding hydrogens is 320 g/mol. The van der Waals surface area contributed by atoms with Crippen molar-refractivity contribution in [2.45, 2.75) is 32.2 Å². The first kappa shape index (κ1) is 13.8. The van der Waals surface area contributed by atoms with Crippen molar-refractivity contribution in [1.82, 2.24) is 14.6 Å². The van der Waals surface area contributed by atoms with E-state index in [1.165, 1.54) is 12.8 Å². The normalized spacial score (nSPS) is 16.5. The quantitative estimate of drug-likeness (QED) is 0.842. The van der Waals surface area contributed by atoms with Crippen LogP contribution in [-0.4, -0.2) is 33.9 Å². The Labute approximate surface area is 126 Å². The maximum atomic E-state index is 5.76. The molecule has 1 saturated carbocycles. The van der Waals surface area contributed by atoms with Gasteiger partial charge in [0.25, 0.3) is 0 Å². The van der Waals surface area contributed by atoms with Gasteiger partial charge in [-0.15, -0.1) is 0 Å². The van der Waals surface area contributed by atoms with Gasteiger partial charge in [0.05, 0.1) is 23.3 Å². The van der Waals surface area contributed by atoms with Crippen LogP contribution in [-0.2, 0) is 4.74 Å². The third kappa shape index (κ3) is 3.30.